The molecule has 23 heavy (non-hydrogen) atoms. The van der Waals surface area contributed by atoms with Gasteiger partial charge < -0.3 is 15.0 Å². The van der Waals surface area contributed by atoms with Crippen LogP contribution in [-0.2, 0) is 9.53 Å². The monoisotopic (exact) mass is 322 g/mol. The van der Waals surface area contributed by atoms with Crippen molar-refractivity contribution in [3.8, 4) is 0 Å². The van der Waals surface area contributed by atoms with Crippen molar-refractivity contribution in [1.29, 1.82) is 0 Å². The molecule has 0 spiro atoms. The zero-order chi connectivity index (χ0) is 16.1. The number of carbonyl (C=O) groups excluding carboxylic acids is 1. The predicted octanol–water partition coefficient (Wildman–Crippen LogP) is 2.96. The van der Waals surface area contributed by atoms with Gasteiger partial charge in [0, 0.05) is 31.0 Å². The summed E-state index contributed by atoms with van der Waals surface area (Å²) in [7, 11) is 1.77. The number of hydrogen-bond acceptors (Lipinski definition) is 3. The van der Waals surface area contributed by atoms with Gasteiger partial charge in [0.25, 0.3) is 0 Å². The van der Waals surface area contributed by atoms with E-state index in [1.54, 1.807) is 7.11 Å². The number of amides is 1. The minimum absolute atomic E-state index is 0.229. The van der Waals surface area contributed by atoms with Crippen molar-refractivity contribution >= 4 is 5.91 Å². The van der Waals surface area contributed by atoms with Crippen LogP contribution in [0.3, 0.4) is 0 Å². The number of rotatable bonds is 6. The van der Waals surface area contributed by atoms with Crippen LogP contribution in [0.2, 0.25) is 0 Å². The molecular formula is C19H34N2O2. The summed E-state index contributed by atoms with van der Waals surface area (Å²) in [5.41, 5.74) is 0.229. The van der Waals surface area contributed by atoms with Crippen LogP contribution in [0.1, 0.15) is 64.2 Å². The maximum Gasteiger partial charge on any atom is 0.223 e. The molecule has 1 saturated heterocycles. The molecule has 3 aliphatic rings. The van der Waals surface area contributed by atoms with Crippen LogP contribution in [0.4, 0.5) is 0 Å². The number of nitrogens with zero attached hydrogens (tertiary/aromatic N) is 1. The molecule has 0 radical (unpaired) electrons. The van der Waals surface area contributed by atoms with Crippen molar-refractivity contribution in [2.75, 3.05) is 33.4 Å². The van der Waals surface area contributed by atoms with Crippen LogP contribution >= 0.6 is 0 Å². The Kier molecular flexibility index (Phi) is 5.97. The van der Waals surface area contributed by atoms with Gasteiger partial charge in [-0.15, -0.1) is 0 Å². The molecule has 3 rings (SSSR count). The van der Waals surface area contributed by atoms with Crippen molar-refractivity contribution in [1.82, 2.24) is 10.2 Å². The number of methoxy groups -OCH3 is 1. The molecule has 1 heterocycles. The Morgan fingerprint density at radius 3 is 2.35 bits per heavy atom. The summed E-state index contributed by atoms with van der Waals surface area (Å²) < 4.78 is 5.35. The first-order valence-electron chi connectivity index (χ1n) is 9.73. The van der Waals surface area contributed by atoms with E-state index in [1.807, 2.05) is 0 Å². The molecule has 0 aromatic heterocycles. The standard InChI is InChI=1S/C19H34N2O2/c1-23-15-19(10-5-11-19)14-20-18(22)16-8-12-21(13-9-16)17-6-3-2-4-7-17/h16-17H,2-15H2,1H3,(H,20,22). The summed E-state index contributed by atoms with van der Waals surface area (Å²) in [5, 5.41) is 3.24. The zero-order valence-electron chi connectivity index (χ0n) is 14.8. The van der Waals surface area contributed by atoms with Gasteiger partial charge in [-0.2, -0.15) is 0 Å². The van der Waals surface area contributed by atoms with E-state index >= 15 is 0 Å². The molecule has 4 heteroatoms. The average Bonchev–Trinajstić information content (AvgIpc) is 2.58. The Balaban J connectivity index is 1.39. The van der Waals surface area contributed by atoms with Crippen molar-refractivity contribution in [3.05, 3.63) is 0 Å². The fourth-order valence-electron chi connectivity index (χ4n) is 4.75. The third-order valence-corrected chi connectivity index (χ3v) is 6.49. The topological polar surface area (TPSA) is 41.6 Å². The second kappa shape index (κ2) is 7.98. The molecule has 0 aromatic rings. The average molecular weight is 322 g/mol. The number of piperidine rings is 1. The molecule has 0 unspecified atom stereocenters. The van der Waals surface area contributed by atoms with Crippen LogP contribution in [0.5, 0.6) is 0 Å². The van der Waals surface area contributed by atoms with Gasteiger partial charge in [0.15, 0.2) is 0 Å². The molecule has 2 saturated carbocycles. The molecule has 3 fully saturated rings. The van der Waals surface area contributed by atoms with Gasteiger partial charge in [0.2, 0.25) is 5.91 Å². The van der Waals surface area contributed by atoms with Gasteiger partial charge in [-0.3, -0.25) is 4.79 Å². The number of carbonyl (C=O) groups is 1. The quantitative estimate of drug-likeness (QED) is 0.817. The maximum absolute atomic E-state index is 12.5. The molecule has 4 nitrogen and oxygen atoms in total. The Morgan fingerprint density at radius 1 is 1.09 bits per heavy atom. The normalized spacial score (nSPS) is 26.7. The molecule has 2 aliphatic carbocycles. The zero-order valence-corrected chi connectivity index (χ0v) is 14.8. The van der Waals surface area contributed by atoms with Gasteiger partial charge >= 0.3 is 0 Å². The maximum atomic E-state index is 12.5. The number of ether oxygens (including phenoxy) is 1. The first-order chi connectivity index (χ1) is 11.2. The summed E-state index contributed by atoms with van der Waals surface area (Å²) in [6.07, 6.45) is 12.7. The molecule has 0 aromatic carbocycles. The number of nitrogens with one attached hydrogen (secondary N) is 1. The fraction of sp³-hybridized carbons (Fsp3) is 0.947. The van der Waals surface area contributed by atoms with E-state index in [2.05, 4.69) is 10.2 Å². The Hall–Kier alpha value is -0.610. The highest BCUT2D eigenvalue weighted by Gasteiger charge is 2.38. The highest BCUT2D eigenvalue weighted by molar-refractivity contribution is 5.78. The summed E-state index contributed by atoms with van der Waals surface area (Å²) in [5.74, 6) is 0.519. The van der Waals surface area contributed by atoms with Gasteiger partial charge in [-0.1, -0.05) is 25.7 Å². The Bertz CT molecular complexity index is 381. The van der Waals surface area contributed by atoms with Crippen molar-refractivity contribution in [3.63, 3.8) is 0 Å². The Labute approximate surface area is 141 Å². The van der Waals surface area contributed by atoms with Crippen LogP contribution < -0.4 is 5.32 Å². The predicted molar refractivity (Wildman–Crippen MR) is 92.3 cm³/mol. The van der Waals surface area contributed by atoms with Gasteiger partial charge in [0.05, 0.1) is 6.61 Å². The lowest BCUT2D eigenvalue weighted by atomic mass is 9.69. The van der Waals surface area contributed by atoms with E-state index in [-0.39, 0.29) is 17.2 Å². The summed E-state index contributed by atoms with van der Waals surface area (Å²) in [4.78, 5) is 15.2. The lowest BCUT2D eigenvalue weighted by molar-refractivity contribution is -0.128. The van der Waals surface area contributed by atoms with Crippen LogP contribution in [-0.4, -0.2) is 50.2 Å². The van der Waals surface area contributed by atoms with E-state index in [1.165, 1.54) is 51.4 Å². The van der Waals surface area contributed by atoms with E-state index in [0.29, 0.717) is 0 Å². The lowest BCUT2D eigenvalue weighted by Crippen LogP contribution is -2.49. The van der Waals surface area contributed by atoms with Crippen LogP contribution in [0, 0.1) is 11.3 Å². The van der Waals surface area contributed by atoms with Crippen molar-refractivity contribution < 1.29 is 9.53 Å². The molecule has 0 bridgehead atoms. The summed E-state index contributed by atoms with van der Waals surface area (Å²) >= 11 is 0. The fourth-order valence-corrected chi connectivity index (χ4v) is 4.75. The second-order valence-corrected chi connectivity index (χ2v) is 8.11. The summed E-state index contributed by atoms with van der Waals surface area (Å²) in [6, 6.07) is 0.799. The van der Waals surface area contributed by atoms with Crippen LogP contribution in [0.15, 0.2) is 0 Å². The smallest absolute Gasteiger partial charge is 0.223 e. The molecular weight excluding hydrogens is 288 g/mol. The largest absolute Gasteiger partial charge is 0.384 e. The van der Waals surface area contributed by atoms with Crippen LogP contribution in [0.25, 0.3) is 0 Å². The number of hydrogen-bond donors (Lipinski definition) is 1. The highest BCUT2D eigenvalue weighted by atomic mass is 16.5. The third-order valence-electron chi connectivity index (χ3n) is 6.49. The first-order valence-corrected chi connectivity index (χ1v) is 9.73. The van der Waals surface area contributed by atoms with Gasteiger partial charge in [0.1, 0.15) is 0 Å². The van der Waals surface area contributed by atoms with E-state index in [0.717, 1.165) is 45.1 Å². The lowest BCUT2D eigenvalue weighted by Gasteiger charge is -2.42. The SMILES string of the molecule is COCC1(CNC(=O)C2CCN(C3CCCCC3)CC2)CCC1. The minimum Gasteiger partial charge on any atom is -0.384 e. The van der Waals surface area contributed by atoms with Crippen molar-refractivity contribution in [2.45, 2.75) is 70.3 Å². The van der Waals surface area contributed by atoms with E-state index < -0.39 is 0 Å². The van der Waals surface area contributed by atoms with Gasteiger partial charge in [-0.05, 0) is 51.6 Å². The van der Waals surface area contributed by atoms with E-state index in [9.17, 15) is 4.79 Å². The Morgan fingerprint density at radius 2 is 1.78 bits per heavy atom. The minimum atomic E-state index is 0.229. The van der Waals surface area contributed by atoms with Gasteiger partial charge in [-0.25, -0.2) is 0 Å². The highest BCUT2D eigenvalue weighted by Crippen LogP contribution is 2.40. The number of likely N-dealkylation sites (tertiary alicyclic amines) is 1. The van der Waals surface area contributed by atoms with Crippen molar-refractivity contribution in [2.24, 2.45) is 11.3 Å². The molecule has 1 amide bonds. The molecule has 1 aliphatic heterocycles. The van der Waals surface area contributed by atoms with E-state index in [4.69, 9.17) is 4.74 Å². The second-order valence-electron chi connectivity index (χ2n) is 8.11. The molecule has 132 valence electrons. The third kappa shape index (κ3) is 4.27. The molecule has 1 N–H and O–H groups in total. The molecule has 0 atom stereocenters. The summed E-state index contributed by atoms with van der Waals surface area (Å²) in [6.45, 7) is 3.83. The first kappa shape index (κ1) is 17.2.